The van der Waals surface area contributed by atoms with Crippen LogP contribution in [-0.2, 0) is 21.4 Å². The highest BCUT2D eigenvalue weighted by atomic mass is 32.2. The maximum absolute atomic E-state index is 11.8. The van der Waals surface area contributed by atoms with E-state index < -0.39 is 27.8 Å². The zero-order valence-corrected chi connectivity index (χ0v) is 15.6. The molecule has 144 valence electrons. The van der Waals surface area contributed by atoms with Gasteiger partial charge in [-0.3, -0.25) is 0 Å². The van der Waals surface area contributed by atoms with Gasteiger partial charge in [-0.15, -0.1) is 0 Å². The van der Waals surface area contributed by atoms with Crippen LogP contribution < -0.4 is 14.3 Å². The van der Waals surface area contributed by atoms with Crippen LogP contribution in [0.15, 0.2) is 30.3 Å². The number of carbonyl (C=O) groups excluding carboxylic acids is 1. The minimum absolute atomic E-state index is 0.0252. The van der Waals surface area contributed by atoms with E-state index in [1.54, 1.807) is 26.8 Å². The van der Waals surface area contributed by atoms with Gasteiger partial charge < -0.3 is 20.3 Å². The Morgan fingerprint density at radius 2 is 2.00 bits per heavy atom. The Morgan fingerprint density at radius 1 is 1.31 bits per heavy atom. The maximum atomic E-state index is 11.8. The molecule has 0 bridgehead atoms. The number of alkyl carbamates (subject to hydrolysis) is 1. The average Bonchev–Trinajstić information content (AvgIpc) is 2.74. The second-order valence-corrected chi connectivity index (χ2v) is 8.32. The highest BCUT2D eigenvalue weighted by Gasteiger charge is 2.30. The molecular formula is C16H23N3O6S. The van der Waals surface area contributed by atoms with Gasteiger partial charge in [0.15, 0.2) is 0 Å². The van der Waals surface area contributed by atoms with Crippen molar-refractivity contribution < 1.29 is 28.2 Å². The molecule has 1 aliphatic heterocycles. The Hall–Kier alpha value is -2.62. The Bertz CT molecular complexity index is 814. The standard InChI is InChI=1S/C16H23N3O6S/c1-16(2,3)25-15(22)17-8-4-5-11-6-7-12(13(20)9-11)19-10-14(21)18-26(19,23)24/h6-7,9-10,18,20-21H,4-5,8H2,1-3H3,(H,17,22). The van der Waals surface area contributed by atoms with Gasteiger partial charge in [-0.05, 0) is 51.3 Å². The SMILES string of the molecule is CC(C)(C)OC(=O)NCCCc1ccc(N2C=C(O)NS2(=O)=O)c(O)c1. The average molecular weight is 385 g/mol. The third-order valence-corrected chi connectivity index (χ3v) is 4.61. The molecule has 2 rings (SSSR count). The molecule has 0 saturated heterocycles. The van der Waals surface area contributed by atoms with E-state index in [4.69, 9.17) is 4.74 Å². The summed E-state index contributed by atoms with van der Waals surface area (Å²) in [6.07, 6.45) is 1.65. The van der Waals surface area contributed by atoms with Crippen LogP contribution in [0.2, 0.25) is 0 Å². The third-order valence-electron chi connectivity index (χ3n) is 3.32. The lowest BCUT2D eigenvalue weighted by Gasteiger charge is -2.19. The molecule has 4 N–H and O–H groups in total. The number of hydrogen-bond acceptors (Lipinski definition) is 6. The molecule has 1 aromatic carbocycles. The zero-order chi connectivity index (χ0) is 19.5. The predicted octanol–water partition coefficient (Wildman–Crippen LogP) is 1.86. The van der Waals surface area contributed by atoms with Crippen LogP contribution in [0.25, 0.3) is 0 Å². The van der Waals surface area contributed by atoms with Crippen LogP contribution in [-0.4, -0.2) is 36.9 Å². The topological polar surface area (TPSA) is 128 Å². The van der Waals surface area contributed by atoms with Crippen LogP contribution in [0.5, 0.6) is 5.75 Å². The Labute approximate surface area is 152 Å². The van der Waals surface area contributed by atoms with Crippen LogP contribution in [0.1, 0.15) is 32.8 Å². The monoisotopic (exact) mass is 385 g/mol. The Balaban J connectivity index is 1.91. The summed E-state index contributed by atoms with van der Waals surface area (Å²) in [6, 6.07) is 4.56. The van der Waals surface area contributed by atoms with Gasteiger partial charge in [-0.2, -0.15) is 8.42 Å². The van der Waals surface area contributed by atoms with E-state index in [2.05, 4.69) is 5.32 Å². The van der Waals surface area contributed by atoms with Crippen LogP contribution in [0, 0.1) is 0 Å². The fraction of sp³-hybridized carbons (Fsp3) is 0.438. The first-order chi connectivity index (χ1) is 12.0. The molecule has 0 saturated carbocycles. The van der Waals surface area contributed by atoms with Gasteiger partial charge in [0.25, 0.3) is 0 Å². The van der Waals surface area contributed by atoms with Crippen molar-refractivity contribution in [2.24, 2.45) is 0 Å². The Kier molecular flexibility index (Phi) is 5.55. The lowest BCUT2D eigenvalue weighted by molar-refractivity contribution is 0.0527. The lowest BCUT2D eigenvalue weighted by atomic mass is 10.1. The number of aliphatic hydroxyl groups excluding tert-OH is 1. The summed E-state index contributed by atoms with van der Waals surface area (Å²) >= 11 is 0. The van der Waals surface area contributed by atoms with Crippen LogP contribution in [0.4, 0.5) is 10.5 Å². The summed E-state index contributed by atoms with van der Waals surface area (Å²) in [4.78, 5) is 11.5. The van der Waals surface area contributed by atoms with Gasteiger partial charge in [0.1, 0.15) is 17.0 Å². The Morgan fingerprint density at radius 3 is 2.54 bits per heavy atom. The van der Waals surface area contributed by atoms with E-state index in [0.717, 1.165) is 16.1 Å². The molecule has 1 aliphatic rings. The molecule has 0 aromatic heterocycles. The minimum Gasteiger partial charge on any atom is -0.506 e. The summed E-state index contributed by atoms with van der Waals surface area (Å²) in [5.74, 6) is -0.763. The number of rotatable bonds is 5. The first-order valence-corrected chi connectivity index (χ1v) is 9.44. The van der Waals surface area contributed by atoms with Crippen molar-refractivity contribution in [3.05, 3.63) is 35.8 Å². The number of amides is 1. The molecule has 9 nitrogen and oxygen atoms in total. The zero-order valence-electron chi connectivity index (χ0n) is 14.8. The van der Waals surface area contributed by atoms with Gasteiger partial charge in [0.2, 0.25) is 5.88 Å². The van der Waals surface area contributed by atoms with Crippen molar-refractivity contribution in [3.8, 4) is 5.75 Å². The normalized spacial score (nSPS) is 16.0. The first-order valence-electron chi connectivity index (χ1n) is 8.00. The van der Waals surface area contributed by atoms with Crippen molar-refractivity contribution in [3.63, 3.8) is 0 Å². The number of phenols is 1. The maximum Gasteiger partial charge on any atom is 0.407 e. The molecule has 0 radical (unpaired) electrons. The van der Waals surface area contributed by atoms with Crippen molar-refractivity contribution in [2.45, 2.75) is 39.2 Å². The number of aromatic hydroxyl groups is 1. The molecule has 1 amide bonds. The number of nitrogens with one attached hydrogen (secondary N) is 2. The fourth-order valence-electron chi connectivity index (χ4n) is 2.30. The second kappa shape index (κ2) is 7.32. The number of aliphatic hydroxyl groups is 1. The molecule has 0 fully saturated rings. The lowest BCUT2D eigenvalue weighted by Crippen LogP contribution is -2.33. The van der Waals surface area contributed by atoms with E-state index in [1.807, 2.05) is 4.72 Å². The minimum atomic E-state index is -3.95. The van der Waals surface area contributed by atoms with Crippen LogP contribution in [0.3, 0.4) is 0 Å². The van der Waals surface area contributed by atoms with Crippen molar-refractivity contribution >= 4 is 22.0 Å². The highest BCUT2D eigenvalue weighted by Crippen LogP contribution is 2.32. The fourth-order valence-corrected chi connectivity index (χ4v) is 3.36. The van der Waals surface area contributed by atoms with Gasteiger partial charge in [-0.25, -0.2) is 13.8 Å². The number of hydrogen-bond donors (Lipinski definition) is 4. The summed E-state index contributed by atoms with van der Waals surface area (Å²) in [6.45, 7) is 5.74. The van der Waals surface area contributed by atoms with Crippen LogP contribution >= 0.6 is 0 Å². The molecule has 0 atom stereocenters. The number of ether oxygens (including phenoxy) is 1. The highest BCUT2D eigenvalue weighted by molar-refractivity contribution is 7.91. The molecular weight excluding hydrogens is 362 g/mol. The summed E-state index contributed by atoms with van der Waals surface area (Å²) in [7, 11) is -3.95. The van der Waals surface area contributed by atoms with Gasteiger partial charge in [-0.1, -0.05) is 6.07 Å². The number of benzene rings is 1. The summed E-state index contributed by atoms with van der Waals surface area (Å²) < 4.78 is 31.4. The molecule has 1 heterocycles. The second-order valence-electron chi connectivity index (χ2n) is 6.77. The molecule has 0 aliphatic carbocycles. The van der Waals surface area contributed by atoms with Gasteiger partial charge >= 0.3 is 16.3 Å². The largest absolute Gasteiger partial charge is 0.506 e. The number of carbonyl (C=O) groups is 1. The number of nitrogens with zero attached hydrogens (tertiary/aromatic N) is 1. The smallest absolute Gasteiger partial charge is 0.407 e. The number of anilines is 1. The number of phenolic OH excluding ortho intramolecular Hbond substituents is 1. The van der Waals surface area contributed by atoms with Crippen molar-refractivity contribution in [1.29, 1.82) is 0 Å². The van der Waals surface area contributed by atoms with Gasteiger partial charge in [0.05, 0.1) is 6.20 Å². The third kappa shape index (κ3) is 5.19. The van der Waals surface area contributed by atoms with Crippen molar-refractivity contribution in [2.75, 3.05) is 10.8 Å². The van der Waals surface area contributed by atoms with E-state index in [9.17, 15) is 23.4 Å². The summed E-state index contributed by atoms with van der Waals surface area (Å²) in [5, 5.41) is 22.1. The van der Waals surface area contributed by atoms with E-state index >= 15 is 0 Å². The van der Waals surface area contributed by atoms with Gasteiger partial charge in [0, 0.05) is 6.54 Å². The molecule has 0 unspecified atom stereocenters. The van der Waals surface area contributed by atoms with E-state index in [1.165, 1.54) is 12.1 Å². The quantitative estimate of drug-likeness (QED) is 0.573. The van der Waals surface area contributed by atoms with E-state index in [-0.39, 0.29) is 11.4 Å². The molecule has 0 spiro atoms. The van der Waals surface area contributed by atoms with Crippen molar-refractivity contribution in [1.82, 2.24) is 10.0 Å². The molecule has 26 heavy (non-hydrogen) atoms. The molecule has 1 aromatic rings. The predicted molar refractivity (Wildman–Crippen MR) is 95.9 cm³/mol. The summed E-state index contributed by atoms with van der Waals surface area (Å²) in [5.41, 5.74) is 0.242. The first kappa shape index (κ1) is 19.7. The van der Waals surface area contributed by atoms with E-state index in [0.29, 0.717) is 19.4 Å². The number of aryl methyl sites for hydroxylation is 1. The molecule has 10 heteroatoms.